The van der Waals surface area contributed by atoms with E-state index in [1.807, 2.05) is 31.2 Å². The summed E-state index contributed by atoms with van der Waals surface area (Å²) in [5.74, 6) is 0.121. The van der Waals surface area contributed by atoms with Gasteiger partial charge in [-0.25, -0.2) is 9.37 Å². The molecule has 1 aromatic carbocycles. The van der Waals surface area contributed by atoms with Gasteiger partial charge in [-0.1, -0.05) is 29.8 Å². The maximum Gasteiger partial charge on any atom is 0.140 e. The standard InChI is InChI=1S/C14H12FN3/c1-9-2-4-10(5-3-9)13-14(16)18-8-11(15)6-7-12(18)17-13/h2-8H,16H2,1H3. The van der Waals surface area contributed by atoms with Crippen molar-refractivity contribution in [2.24, 2.45) is 0 Å². The summed E-state index contributed by atoms with van der Waals surface area (Å²) in [5, 5.41) is 0. The second-order valence-corrected chi connectivity index (χ2v) is 4.29. The topological polar surface area (TPSA) is 43.3 Å². The zero-order valence-corrected chi connectivity index (χ0v) is 9.89. The molecule has 0 atom stereocenters. The van der Waals surface area contributed by atoms with Gasteiger partial charge in [0.1, 0.15) is 23.0 Å². The zero-order chi connectivity index (χ0) is 12.7. The van der Waals surface area contributed by atoms with Gasteiger partial charge in [0.15, 0.2) is 0 Å². The van der Waals surface area contributed by atoms with Crippen LogP contribution in [0.4, 0.5) is 10.2 Å². The molecule has 0 bridgehead atoms. The number of nitrogens with two attached hydrogens (primary N) is 1. The van der Waals surface area contributed by atoms with Crippen molar-refractivity contribution in [3.8, 4) is 11.3 Å². The van der Waals surface area contributed by atoms with Crippen LogP contribution >= 0.6 is 0 Å². The molecular weight excluding hydrogens is 229 g/mol. The summed E-state index contributed by atoms with van der Waals surface area (Å²) < 4.78 is 14.7. The Bertz CT molecular complexity index is 714. The highest BCUT2D eigenvalue weighted by Gasteiger charge is 2.11. The minimum atomic E-state index is -0.331. The van der Waals surface area contributed by atoms with Crippen LogP contribution in [0.1, 0.15) is 5.56 Å². The molecule has 3 aromatic rings. The second-order valence-electron chi connectivity index (χ2n) is 4.29. The number of anilines is 1. The summed E-state index contributed by atoms with van der Waals surface area (Å²) in [4.78, 5) is 4.42. The summed E-state index contributed by atoms with van der Waals surface area (Å²) in [5.41, 5.74) is 9.44. The van der Waals surface area contributed by atoms with Crippen LogP contribution in [0, 0.1) is 12.7 Å². The lowest BCUT2D eigenvalue weighted by molar-refractivity contribution is 0.619. The third kappa shape index (κ3) is 1.62. The molecular formula is C14H12FN3. The van der Waals surface area contributed by atoms with Gasteiger partial charge in [0.25, 0.3) is 0 Å². The van der Waals surface area contributed by atoms with E-state index in [0.717, 1.165) is 5.56 Å². The predicted octanol–water partition coefficient (Wildman–Crippen LogP) is 3.03. The van der Waals surface area contributed by atoms with Crippen molar-refractivity contribution >= 4 is 11.5 Å². The second kappa shape index (κ2) is 3.84. The molecule has 2 N–H and O–H groups in total. The molecule has 0 saturated carbocycles. The number of fused-ring (bicyclic) bond motifs is 1. The van der Waals surface area contributed by atoms with Crippen LogP contribution in [-0.2, 0) is 0 Å². The molecule has 3 nitrogen and oxygen atoms in total. The first-order valence-corrected chi connectivity index (χ1v) is 5.65. The van der Waals surface area contributed by atoms with Gasteiger partial charge in [-0.2, -0.15) is 0 Å². The van der Waals surface area contributed by atoms with Gasteiger partial charge in [0.05, 0.1) is 0 Å². The van der Waals surface area contributed by atoms with E-state index in [1.54, 1.807) is 10.5 Å². The molecule has 4 heteroatoms. The van der Waals surface area contributed by atoms with E-state index in [-0.39, 0.29) is 5.82 Å². The molecule has 0 fully saturated rings. The lowest BCUT2D eigenvalue weighted by Crippen LogP contribution is -1.94. The fraction of sp³-hybridized carbons (Fsp3) is 0.0714. The average molecular weight is 241 g/mol. The number of nitrogens with zero attached hydrogens (tertiary/aromatic N) is 2. The highest BCUT2D eigenvalue weighted by atomic mass is 19.1. The van der Waals surface area contributed by atoms with Gasteiger partial charge in [-0.15, -0.1) is 0 Å². The quantitative estimate of drug-likeness (QED) is 0.711. The Balaban J connectivity index is 2.23. The smallest absolute Gasteiger partial charge is 0.140 e. The molecule has 0 aliphatic heterocycles. The molecule has 2 aromatic heterocycles. The number of hydrogen-bond acceptors (Lipinski definition) is 2. The Labute approximate surface area is 104 Å². The van der Waals surface area contributed by atoms with E-state index in [0.29, 0.717) is 17.2 Å². The number of imidazole rings is 1. The number of pyridine rings is 1. The molecule has 0 spiro atoms. The molecule has 2 heterocycles. The molecule has 0 saturated heterocycles. The first kappa shape index (κ1) is 10.8. The lowest BCUT2D eigenvalue weighted by atomic mass is 10.1. The van der Waals surface area contributed by atoms with Crippen molar-refractivity contribution in [1.82, 2.24) is 9.38 Å². The maximum absolute atomic E-state index is 13.2. The first-order chi connectivity index (χ1) is 8.65. The average Bonchev–Trinajstić information content (AvgIpc) is 2.68. The lowest BCUT2D eigenvalue weighted by Gasteiger charge is -2.00. The molecule has 0 radical (unpaired) electrons. The molecule has 0 aliphatic carbocycles. The summed E-state index contributed by atoms with van der Waals surface area (Å²) in [6.45, 7) is 2.02. The number of nitrogen functional groups attached to an aromatic ring is 1. The van der Waals surface area contributed by atoms with Gasteiger partial charge >= 0.3 is 0 Å². The zero-order valence-electron chi connectivity index (χ0n) is 9.89. The van der Waals surface area contributed by atoms with Gasteiger partial charge in [-0.05, 0) is 19.1 Å². The predicted molar refractivity (Wildman–Crippen MR) is 69.7 cm³/mol. The van der Waals surface area contributed by atoms with Crippen LogP contribution in [0.5, 0.6) is 0 Å². The largest absolute Gasteiger partial charge is 0.383 e. The van der Waals surface area contributed by atoms with Crippen molar-refractivity contribution in [1.29, 1.82) is 0 Å². The normalized spacial score (nSPS) is 11.0. The van der Waals surface area contributed by atoms with Crippen molar-refractivity contribution in [2.75, 3.05) is 5.73 Å². The summed E-state index contributed by atoms with van der Waals surface area (Å²) in [7, 11) is 0. The Morgan fingerprint density at radius 3 is 2.56 bits per heavy atom. The van der Waals surface area contributed by atoms with Gasteiger partial charge in [-0.3, -0.25) is 4.40 Å². The number of hydrogen-bond donors (Lipinski definition) is 1. The Hall–Kier alpha value is -2.36. The SMILES string of the molecule is Cc1ccc(-c2nc3ccc(F)cn3c2N)cc1. The fourth-order valence-corrected chi connectivity index (χ4v) is 1.96. The third-order valence-electron chi connectivity index (χ3n) is 2.94. The van der Waals surface area contributed by atoms with Crippen LogP contribution in [0.15, 0.2) is 42.6 Å². The number of benzene rings is 1. The van der Waals surface area contributed by atoms with Crippen molar-refractivity contribution in [2.45, 2.75) is 6.92 Å². The molecule has 18 heavy (non-hydrogen) atoms. The first-order valence-electron chi connectivity index (χ1n) is 5.65. The maximum atomic E-state index is 13.2. The van der Waals surface area contributed by atoms with Crippen LogP contribution in [-0.4, -0.2) is 9.38 Å². The highest BCUT2D eigenvalue weighted by molar-refractivity contribution is 5.74. The summed E-state index contributed by atoms with van der Waals surface area (Å²) >= 11 is 0. The molecule has 90 valence electrons. The Kier molecular flexibility index (Phi) is 2.30. The van der Waals surface area contributed by atoms with Crippen LogP contribution in [0.2, 0.25) is 0 Å². The van der Waals surface area contributed by atoms with Gasteiger partial charge in [0, 0.05) is 11.8 Å². The van der Waals surface area contributed by atoms with E-state index in [9.17, 15) is 4.39 Å². The van der Waals surface area contributed by atoms with E-state index < -0.39 is 0 Å². The number of halogens is 1. The van der Waals surface area contributed by atoms with E-state index in [1.165, 1.54) is 17.8 Å². The summed E-state index contributed by atoms with van der Waals surface area (Å²) in [6.07, 6.45) is 1.34. The third-order valence-corrected chi connectivity index (χ3v) is 2.94. The van der Waals surface area contributed by atoms with Crippen LogP contribution in [0.25, 0.3) is 16.9 Å². The van der Waals surface area contributed by atoms with Gasteiger partial charge in [0.2, 0.25) is 0 Å². The number of rotatable bonds is 1. The van der Waals surface area contributed by atoms with E-state index >= 15 is 0 Å². The fourth-order valence-electron chi connectivity index (χ4n) is 1.96. The van der Waals surface area contributed by atoms with E-state index in [2.05, 4.69) is 4.98 Å². The highest BCUT2D eigenvalue weighted by Crippen LogP contribution is 2.26. The Morgan fingerprint density at radius 1 is 1.11 bits per heavy atom. The molecule has 3 rings (SSSR count). The van der Waals surface area contributed by atoms with Crippen LogP contribution in [0.3, 0.4) is 0 Å². The monoisotopic (exact) mass is 241 g/mol. The molecule has 0 amide bonds. The minimum Gasteiger partial charge on any atom is -0.383 e. The molecule has 0 aliphatic rings. The van der Waals surface area contributed by atoms with Crippen LogP contribution < -0.4 is 5.73 Å². The minimum absolute atomic E-state index is 0.331. The summed E-state index contributed by atoms with van der Waals surface area (Å²) in [6, 6.07) is 10.9. The number of aryl methyl sites for hydroxylation is 1. The van der Waals surface area contributed by atoms with Crippen molar-refractivity contribution in [3.63, 3.8) is 0 Å². The van der Waals surface area contributed by atoms with Crippen molar-refractivity contribution < 1.29 is 4.39 Å². The Morgan fingerprint density at radius 2 is 1.83 bits per heavy atom. The molecule has 0 unspecified atom stereocenters. The van der Waals surface area contributed by atoms with Gasteiger partial charge < -0.3 is 5.73 Å². The van der Waals surface area contributed by atoms with Crippen molar-refractivity contribution in [3.05, 3.63) is 54.0 Å². The van der Waals surface area contributed by atoms with E-state index in [4.69, 9.17) is 5.73 Å². The number of aromatic nitrogens is 2.